The number of benzene rings is 2. The molecule has 0 aliphatic carbocycles. The molecule has 1 aliphatic heterocycles. The van der Waals surface area contributed by atoms with Crippen LogP contribution in [0.15, 0.2) is 41.3 Å². The second-order valence-electron chi connectivity index (χ2n) is 7.11. The first-order valence-electron chi connectivity index (χ1n) is 8.48. The van der Waals surface area contributed by atoms with Crippen LogP contribution in [0.3, 0.4) is 0 Å². The Kier molecular flexibility index (Phi) is 4.71. The zero-order chi connectivity index (χ0) is 20.0. The maximum absolute atomic E-state index is 13.4. The lowest BCUT2D eigenvalue weighted by Crippen LogP contribution is -2.41. The van der Waals surface area contributed by atoms with E-state index in [4.69, 9.17) is 0 Å². The highest BCUT2D eigenvalue weighted by molar-refractivity contribution is 7.92. The van der Waals surface area contributed by atoms with Crippen molar-refractivity contribution < 1.29 is 22.0 Å². The Balaban J connectivity index is 2.02. The van der Waals surface area contributed by atoms with Gasteiger partial charge in [0.15, 0.2) is 11.6 Å². The van der Waals surface area contributed by atoms with Crippen LogP contribution in [0.1, 0.15) is 32.8 Å². The van der Waals surface area contributed by atoms with Crippen molar-refractivity contribution in [1.82, 2.24) is 0 Å². The Labute approximate surface area is 157 Å². The molecule has 0 aromatic heterocycles. The van der Waals surface area contributed by atoms with Gasteiger partial charge < -0.3 is 4.90 Å². The fourth-order valence-electron chi connectivity index (χ4n) is 3.28. The highest BCUT2D eigenvalue weighted by atomic mass is 32.2. The zero-order valence-electron chi connectivity index (χ0n) is 15.2. The smallest absolute Gasteiger partial charge is 0.261 e. The summed E-state index contributed by atoms with van der Waals surface area (Å²) in [5.74, 6) is -2.21. The zero-order valence-corrected chi connectivity index (χ0v) is 16.0. The maximum Gasteiger partial charge on any atom is 0.261 e. The van der Waals surface area contributed by atoms with Crippen molar-refractivity contribution in [1.29, 1.82) is 0 Å². The van der Waals surface area contributed by atoms with E-state index in [1.165, 1.54) is 12.1 Å². The van der Waals surface area contributed by atoms with E-state index < -0.39 is 27.1 Å². The van der Waals surface area contributed by atoms with E-state index in [2.05, 4.69) is 4.72 Å². The van der Waals surface area contributed by atoms with Crippen LogP contribution in [-0.2, 0) is 20.2 Å². The van der Waals surface area contributed by atoms with Gasteiger partial charge in [0.2, 0.25) is 5.91 Å². The molecule has 1 N–H and O–H groups in total. The van der Waals surface area contributed by atoms with E-state index in [1.54, 1.807) is 11.0 Å². The molecule has 0 fully saturated rings. The molecule has 1 amide bonds. The number of hydrogen-bond donors (Lipinski definition) is 1. The summed E-state index contributed by atoms with van der Waals surface area (Å²) in [6.45, 7) is 6.11. The average molecular weight is 394 g/mol. The SMILES string of the molecule is CCN1C(=O)CC(C)(C)c2cc(S(=O)(=O)Nc3ccc(F)c(F)c3)ccc21. The van der Waals surface area contributed by atoms with E-state index in [-0.39, 0.29) is 22.9 Å². The Bertz CT molecular complexity index is 1020. The molecule has 0 atom stereocenters. The Morgan fingerprint density at radius 2 is 1.81 bits per heavy atom. The van der Waals surface area contributed by atoms with Crippen molar-refractivity contribution in [3.05, 3.63) is 53.6 Å². The number of anilines is 2. The molecule has 2 aromatic rings. The standard InChI is InChI=1S/C19H20F2N2O3S/c1-4-23-17-8-6-13(10-14(17)19(2,3)11-18(23)24)27(25,26)22-12-5-7-15(20)16(21)9-12/h5-10,22H,4,11H2,1-3H3. The van der Waals surface area contributed by atoms with Crippen LogP contribution in [0, 0.1) is 11.6 Å². The summed E-state index contributed by atoms with van der Waals surface area (Å²) in [7, 11) is -4.01. The van der Waals surface area contributed by atoms with E-state index in [0.717, 1.165) is 23.8 Å². The molecule has 0 spiro atoms. The predicted octanol–water partition coefficient (Wildman–Crippen LogP) is 3.80. The fourth-order valence-corrected chi connectivity index (χ4v) is 4.36. The molecule has 0 bridgehead atoms. The number of fused-ring (bicyclic) bond motifs is 1. The van der Waals surface area contributed by atoms with Gasteiger partial charge in [0.1, 0.15) is 0 Å². The molecule has 0 saturated heterocycles. The fraction of sp³-hybridized carbons (Fsp3) is 0.316. The van der Waals surface area contributed by atoms with Crippen LogP contribution in [-0.4, -0.2) is 20.9 Å². The van der Waals surface area contributed by atoms with Gasteiger partial charge in [0.25, 0.3) is 10.0 Å². The molecule has 27 heavy (non-hydrogen) atoms. The van der Waals surface area contributed by atoms with Gasteiger partial charge in [-0.15, -0.1) is 0 Å². The van der Waals surface area contributed by atoms with Crippen molar-refractivity contribution in [2.45, 2.75) is 37.5 Å². The summed E-state index contributed by atoms with van der Waals surface area (Å²) in [5.41, 5.74) is 0.838. The van der Waals surface area contributed by atoms with Gasteiger partial charge in [-0.2, -0.15) is 0 Å². The molecule has 3 rings (SSSR count). The summed E-state index contributed by atoms with van der Waals surface area (Å²) in [6, 6.07) is 7.33. The number of nitrogens with zero attached hydrogens (tertiary/aromatic N) is 1. The molecule has 2 aromatic carbocycles. The molecule has 8 heteroatoms. The lowest BCUT2D eigenvalue weighted by atomic mass is 9.77. The highest BCUT2D eigenvalue weighted by Gasteiger charge is 2.36. The molecule has 1 aliphatic rings. The van der Waals surface area contributed by atoms with Crippen molar-refractivity contribution >= 4 is 27.3 Å². The topological polar surface area (TPSA) is 66.5 Å². The average Bonchev–Trinajstić information content (AvgIpc) is 2.57. The lowest BCUT2D eigenvalue weighted by molar-refractivity contribution is -0.120. The van der Waals surface area contributed by atoms with Crippen LogP contribution in [0.5, 0.6) is 0 Å². The molecular weight excluding hydrogens is 374 g/mol. The first-order chi connectivity index (χ1) is 12.5. The van der Waals surface area contributed by atoms with Gasteiger partial charge in [-0.25, -0.2) is 17.2 Å². The molecule has 144 valence electrons. The number of carbonyl (C=O) groups excluding carboxylic acids is 1. The van der Waals surface area contributed by atoms with Gasteiger partial charge >= 0.3 is 0 Å². The summed E-state index contributed by atoms with van der Waals surface area (Å²) in [5, 5.41) is 0. The van der Waals surface area contributed by atoms with Crippen LogP contribution in [0.25, 0.3) is 0 Å². The molecule has 1 heterocycles. The monoisotopic (exact) mass is 394 g/mol. The van der Waals surface area contributed by atoms with E-state index in [0.29, 0.717) is 12.2 Å². The van der Waals surface area contributed by atoms with Crippen molar-refractivity contribution in [2.24, 2.45) is 0 Å². The number of halogens is 2. The third-order valence-electron chi connectivity index (χ3n) is 4.68. The molecule has 5 nitrogen and oxygen atoms in total. The van der Waals surface area contributed by atoms with Crippen LogP contribution >= 0.6 is 0 Å². The number of rotatable bonds is 4. The molecular formula is C19H20F2N2O3S. The molecule has 0 radical (unpaired) electrons. The van der Waals surface area contributed by atoms with E-state index >= 15 is 0 Å². The number of amides is 1. The minimum absolute atomic E-state index is 0.00878. The lowest BCUT2D eigenvalue weighted by Gasteiger charge is -2.38. The third kappa shape index (κ3) is 3.53. The first-order valence-corrected chi connectivity index (χ1v) is 9.96. The second kappa shape index (κ2) is 6.60. The Hall–Kier alpha value is -2.48. The summed E-state index contributed by atoms with van der Waals surface area (Å²) in [4.78, 5) is 13.9. The predicted molar refractivity (Wildman–Crippen MR) is 99.3 cm³/mol. The minimum atomic E-state index is -4.01. The van der Waals surface area contributed by atoms with E-state index in [9.17, 15) is 22.0 Å². The number of sulfonamides is 1. The quantitative estimate of drug-likeness (QED) is 0.858. The van der Waals surface area contributed by atoms with Gasteiger partial charge in [-0.05, 0) is 42.8 Å². The van der Waals surface area contributed by atoms with Crippen molar-refractivity contribution in [3.63, 3.8) is 0 Å². The van der Waals surface area contributed by atoms with Gasteiger partial charge in [-0.3, -0.25) is 9.52 Å². The normalized spacial score (nSPS) is 16.2. The van der Waals surface area contributed by atoms with E-state index in [1.807, 2.05) is 20.8 Å². The Morgan fingerprint density at radius 3 is 2.44 bits per heavy atom. The van der Waals surface area contributed by atoms with Gasteiger partial charge in [0, 0.05) is 30.1 Å². The summed E-state index contributed by atoms with van der Waals surface area (Å²) < 4.78 is 54.1. The molecule has 0 saturated carbocycles. The van der Waals surface area contributed by atoms with Crippen LogP contribution in [0.2, 0.25) is 0 Å². The molecule has 0 unspecified atom stereocenters. The minimum Gasteiger partial charge on any atom is -0.312 e. The van der Waals surface area contributed by atoms with Gasteiger partial charge in [0.05, 0.1) is 10.6 Å². The first kappa shape index (κ1) is 19.3. The number of carbonyl (C=O) groups is 1. The number of nitrogens with one attached hydrogen (secondary N) is 1. The van der Waals surface area contributed by atoms with Crippen LogP contribution < -0.4 is 9.62 Å². The second-order valence-corrected chi connectivity index (χ2v) is 8.79. The largest absolute Gasteiger partial charge is 0.312 e. The Morgan fingerprint density at radius 1 is 1.11 bits per heavy atom. The van der Waals surface area contributed by atoms with Crippen molar-refractivity contribution in [2.75, 3.05) is 16.2 Å². The summed E-state index contributed by atoms with van der Waals surface area (Å²) >= 11 is 0. The van der Waals surface area contributed by atoms with Gasteiger partial charge in [-0.1, -0.05) is 13.8 Å². The third-order valence-corrected chi connectivity index (χ3v) is 6.06. The maximum atomic E-state index is 13.4. The highest BCUT2D eigenvalue weighted by Crippen LogP contribution is 2.41. The van der Waals surface area contributed by atoms with Crippen LogP contribution in [0.4, 0.5) is 20.2 Å². The van der Waals surface area contributed by atoms with Crippen molar-refractivity contribution in [3.8, 4) is 0 Å². The number of hydrogen-bond acceptors (Lipinski definition) is 3. The summed E-state index contributed by atoms with van der Waals surface area (Å²) in [6.07, 6.45) is 0.272.